The number of esters is 1. The highest BCUT2D eigenvalue weighted by molar-refractivity contribution is 9.10. The first-order chi connectivity index (χ1) is 16.8. The van der Waals surface area contributed by atoms with E-state index in [2.05, 4.69) is 39.0 Å². The monoisotopic (exact) mass is 565 g/mol. The Morgan fingerprint density at radius 2 is 1.63 bits per heavy atom. The Morgan fingerprint density at radius 3 is 2.29 bits per heavy atom. The topological polar surface area (TPSA) is 115 Å². The van der Waals surface area contributed by atoms with Crippen LogP contribution in [0.3, 0.4) is 0 Å². The summed E-state index contributed by atoms with van der Waals surface area (Å²) in [5.74, 6) is -0.347. The Hall–Kier alpha value is -3.18. The molecule has 2 amide bonds. The molecular formula is C24H28BrN3O6S. The molecule has 11 heteroatoms. The first-order valence-corrected chi connectivity index (χ1v) is 12.3. The van der Waals surface area contributed by atoms with Gasteiger partial charge in [-0.3, -0.25) is 25.8 Å². The van der Waals surface area contributed by atoms with Crippen molar-refractivity contribution < 1.29 is 28.6 Å². The highest BCUT2D eigenvalue weighted by Gasteiger charge is 2.12. The van der Waals surface area contributed by atoms with E-state index < -0.39 is 17.8 Å². The average molecular weight is 566 g/mol. The lowest BCUT2D eigenvalue weighted by Gasteiger charge is -2.12. The summed E-state index contributed by atoms with van der Waals surface area (Å²) in [6.07, 6.45) is 2.70. The number of halogens is 1. The number of ether oxygens (including phenoxy) is 3. The molecular weight excluding hydrogens is 538 g/mol. The van der Waals surface area contributed by atoms with Crippen molar-refractivity contribution in [2.75, 3.05) is 19.8 Å². The smallest absolute Gasteiger partial charge is 0.338 e. The van der Waals surface area contributed by atoms with Crippen LogP contribution >= 0.6 is 28.1 Å². The molecule has 0 saturated heterocycles. The van der Waals surface area contributed by atoms with Gasteiger partial charge in [0.05, 0.1) is 23.2 Å². The van der Waals surface area contributed by atoms with Gasteiger partial charge in [0.15, 0.2) is 11.7 Å². The molecule has 0 aliphatic heterocycles. The van der Waals surface area contributed by atoms with Gasteiger partial charge in [-0.15, -0.1) is 0 Å². The van der Waals surface area contributed by atoms with Gasteiger partial charge in [0.1, 0.15) is 11.5 Å². The van der Waals surface area contributed by atoms with Gasteiger partial charge < -0.3 is 14.2 Å². The third kappa shape index (κ3) is 9.91. The van der Waals surface area contributed by atoms with Crippen LogP contribution in [-0.2, 0) is 9.53 Å². The van der Waals surface area contributed by atoms with Gasteiger partial charge in [-0.1, -0.05) is 20.3 Å². The molecule has 0 bridgehead atoms. The summed E-state index contributed by atoms with van der Waals surface area (Å²) < 4.78 is 16.7. The number of rotatable bonds is 11. The minimum absolute atomic E-state index is 0.0855. The Morgan fingerprint density at radius 1 is 0.914 bits per heavy atom. The van der Waals surface area contributed by atoms with E-state index in [0.29, 0.717) is 40.3 Å². The molecule has 0 aliphatic carbocycles. The number of benzene rings is 2. The van der Waals surface area contributed by atoms with Gasteiger partial charge in [-0.05, 0) is 83.5 Å². The van der Waals surface area contributed by atoms with Crippen LogP contribution in [0.5, 0.6) is 11.5 Å². The lowest BCUT2D eigenvalue weighted by molar-refractivity contribution is -0.123. The molecule has 0 heterocycles. The molecule has 188 valence electrons. The molecule has 0 saturated carbocycles. The van der Waals surface area contributed by atoms with Crippen molar-refractivity contribution in [2.24, 2.45) is 0 Å². The van der Waals surface area contributed by atoms with Crippen LogP contribution in [0.4, 0.5) is 0 Å². The fourth-order valence-corrected chi connectivity index (χ4v) is 3.21. The maximum Gasteiger partial charge on any atom is 0.338 e. The van der Waals surface area contributed by atoms with E-state index in [0.717, 1.165) is 19.3 Å². The first kappa shape index (κ1) is 28.1. The Kier molecular flexibility index (Phi) is 12.0. The number of hydrazine groups is 1. The first-order valence-electron chi connectivity index (χ1n) is 11.1. The number of nitrogens with one attached hydrogen (secondary N) is 3. The molecule has 0 aromatic heterocycles. The van der Waals surface area contributed by atoms with Crippen molar-refractivity contribution in [3.63, 3.8) is 0 Å². The predicted octanol–water partition coefficient (Wildman–Crippen LogP) is 3.91. The van der Waals surface area contributed by atoms with E-state index in [1.54, 1.807) is 42.5 Å². The SMILES string of the molecule is CCCCOc1ccc(C(=O)NC(=S)NNC(=O)COc2ccc(C(=O)OCCC)cc2)cc1Br. The van der Waals surface area contributed by atoms with Crippen molar-refractivity contribution in [1.82, 2.24) is 16.2 Å². The Bertz CT molecular complexity index is 1030. The molecule has 35 heavy (non-hydrogen) atoms. The average Bonchev–Trinajstić information content (AvgIpc) is 2.86. The van der Waals surface area contributed by atoms with Crippen LogP contribution in [0.25, 0.3) is 0 Å². The number of hydrogen-bond donors (Lipinski definition) is 3. The molecule has 0 spiro atoms. The molecule has 0 fully saturated rings. The van der Waals surface area contributed by atoms with E-state index >= 15 is 0 Å². The Labute approximate surface area is 218 Å². The van der Waals surface area contributed by atoms with Crippen LogP contribution in [-0.4, -0.2) is 42.7 Å². The largest absolute Gasteiger partial charge is 0.492 e. The fourth-order valence-electron chi connectivity index (χ4n) is 2.57. The molecule has 2 aromatic rings. The van der Waals surface area contributed by atoms with Gasteiger partial charge in [0.25, 0.3) is 11.8 Å². The van der Waals surface area contributed by atoms with Gasteiger partial charge in [0.2, 0.25) is 0 Å². The second-order valence-electron chi connectivity index (χ2n) is 7.25. The van der Waals surface area contributed by atoms with Gasteiger partial charge in [-0.2, -0.15) is 0 Å². The lowest BCUT2D eigenvalue weighted by Crippen LogP contribution is -2.49. The van der Waals surface area contributed by atoms with E-state index in [1.807, 2.05) is 6.92 Å². The molecule has 9 nitrogen and oxygen atoms in total. The van der Waals surface area contributed by atoms with Crippen LogP contribution < -0.4 is 25.6 Å². The van der Waals surface area contributed by atoms with Crippen molar-refractivity contribution in [3.05, 3.63) is 58.1 Å². The summed E-state index contributed by atoms with van der Waals surface area (Å²) in [4.78, 5) is 36.2. The third-order valence-electron chi connectivity index (χ3n) is 4.39. The van der Waals surface area contributed by atoms with E-state index in [4.69, 9.17) is 26.4 Å². The molecule has 0 aliphatic rings. The third-order valence-corrected chi connectivity index (χ3v) is 5.21. The zero-order valence-electron chi connectivity index (χ0n) is 19.5. The number of unbranched alkanes of at least 4 members (excludes halogenated alkanes) is 1. The van der Waals surface area contributed by atoms with E-state index in [9.17, 15) is 14.4 Å². The molecule has 0 atom stereocenters. The summed E-state index contributed by atoms with van der Waals surface area (Å²) in [6.45, 7) is 4.62. The van der Waals surface area contributed by atoms with Crippen molar-refractivity contribution >= 4 is 51.0 Å². The normalized spacial score (nSPS) is 10.1. The quantitative estimate of drug-likeness (QED) is 0.162. The van der Waals surface area contributed by atoms with Crippen molar-refractivity contribution in [1.29, 1.82) is 0 Å². The second-order valence-corrected chi connectivity index (χ2v) is 8.52. The zero-order chi connectivity index (χ0) is 25.6. The van der Waals surface area contributed by atoms with Gasteiger partial charge in [0, 0.05) is 5.56 Å². The minimum Gasteiger partial charge on any atom is -0.492 e. The molecule has 2 aromatic carbocycles. The van der Waals surface area contributed by atoms with Gasteiger partial charge >= 0.3 is 5.97 Å². The molecule has 0 unspecified atom stereocenters. The molecule has 0 radical (unpaired) electrons. The maximum absolute atomic E-state index is 12.4. The minimum atomic E-state index is -0.524. The lowest BCUT2D eigenvalue weighted by atomic mass is 10.2. The second kappa shape index (κ2) is 14.9. The maximum atomic E-state index is 12.4. The summed E-state index contributed by atoms with van der Waals surface area (Å²) in [5, 5.41) is 2.39. The van der Waals surface area contributed by atoms with Gasteiger partial charge in [-0.25, -0.2) is 4.79 Å². The summed E-state index contributed by atoms with van der Waals surface area (Å²) >= 11 is 8.44. The number of thiocarbonyl (C=S) groups is 1. The highest BCUT2D eigenvalue weighted by atomic mass is 79.9. The number of carbonyl (C=O) groups is 3. The fraction of sp³-hybridized carbons (Fsp3) is 0.333. The van der Waals surface area contributed by atoms with Crippen molar-refractivity contribution in [2.45, 2.75) is 33.1 Å². The molecule has 2 rings (SSSR count). The van der Waals surface area contributed by atoms with Crippen LogP contribution in [0.2, 0.25) is 0 Å². The van der Waals surface area contributed by atoms with E-state index in [-0.39, 0.29) is 11.7 Å². The number of hydrogen-bond acceptors (Lipinski definition) is 7. The van der Waals surface area contributed by atoms with E-state index in [1.165, 1.54) is 0 Å². The number of carbonyl (C=O) groups excluding carboxylic acids is 3. The number of amides is 2. The summed E-state index contributed by atoms with van der Waals surface area (Å²) in [7, 11) is 0. The van der Waals surface area contributed by atoms with Crippen molar-refractivity contribution in [3.8, 4) is 11.5 Å². The predicted molar refractivity (Wildman–Crippen MR) is 138 cm³/mol. The summed E-state index contributed by atoms with van der Waals surface area (Å²) in [5.41, 5.74) is 5.54. The van der Waals surface area contributed by atoms with Crippen LogP contribution in [0, 0.1) is 0 Å². The highest BCUT2D eigenvalue weighted by Crippen LogP contribution is 2.26. The standard InChI is InChI=1S/C24H28BrN3O6S/c1-3-5-13-32-20-11-8-17(14-19(20)25)22(30)26-24(35)28-27-21(29)15-34-18-9-6-16(7-10-18)23(31)33-12-4-2/h6-11,14H,3-5,12-13,15H2,1-2H3,(H,27,29)(H2,26,28,30,35). The summed E-state index contributed by atoms with van der Waals surface area (Å²) in [6, 6.07) is 11.2. The molecule has 3 N–H and O–H groups in total. The van der Waals surface area contributed by atoms with Crippen LogP contribution in [0.1, 0.15) is 53.8 Å². The van der Waals surface area contributed by atoms with Crippen LogP contribution in [0.15, 0.2) is 46.9 Å². The Balaban J connectivity index is 1.74. The zero-order valence-corrected chi connectivity index (χ0v) is 21.9.